The van der Waals surface area contributed by atoms with Gasteiger partial charge in [-0.15, -0.1) is 0 Å². The molecule has 0 atom stereocenters. The Kier molecular flexibility index (Phi) is 4.28. The normalized spacial score (nSPS) is 9.25. The molecule has 0 aliphatic rings. The summed E-state index contributed by atoms with van der Waals surface area (Å²) in [5.74, 6) is 0.222. The number of hydrogen-bond acceptors (Lipinski definition) is 3. The molecule has 40 valence electrons. The molecule has 0 fully saturated rings. The third-order valence-electron chi connectivity index (χ3n) is 0.367. The summed E-state index contributed by atoms with van der Waals surface area (Å²) in [5, 5.41) is 0. The highest BCUT2D eigenvalue weighted by atomic mass is 28.2. The smallest absolute Gasteiger partial charge is 0.343 e. The van der Waals surface area contributed by atoms with Gasteiger partial charge in [-0.3, -0.25) is 0 Å². The van der Waals surface area contributed by atoms with E-state index in [1.807, 2.05) is 0 Å². The van der Waals surface area contributed by atoms with Gasteiger partial charge in [-0.1, -0.05) is 0 Å². The Hall–Kier alpha value is -0.556. The van der Waals surface area contributed by atoms with Crippen molar-refractivity contribution in [1.82, 2.24) is 0 Å². The van der Waals surface area contributed by atoms with E-state index in [0.717, 1.165) is 6.40 Å². The van der Waals surface area contributed by atoms with Gasteiger partial charge in [0, 0.05) is 0 Å². The quantitative estimate of drug-likeness (QED) is 0.233. The van der Waals surface area contributed by atoms with Crippen molar-refractivity contribution in [3.05, 3.63) is 12.5 Å². The lowest BCUT2D eigenvalue weighted by Gasteiger charge is -1.92. The van der Waals surface area contributed by atoms with Gasteiger partial charge in [0.1, 0.15) is 0 Å². The fraction of sp³-hybridized carbons (Fsp3) is 0. The van der Waals surface area contributed by atoms with Gasteiger partial charge in [-0.25, -0.2) is 0 Å². The SMILES string of the molecule is C=C(/N=C/O[Si])O[Si]. The topological polar surface area (TPSA) is 30.8 Å². The lowest BCUT2D eigenvalue weighted by Crippen LogP contribution is -1.83. The highest BCUT2D eigenvalue weighted by Gasteiger charge is 1.78. The summed E-state index contributed by atoms with van der Waals surface area (Å²) in [7, 11) is 5.39. The van der Waals surface area contributed by atoms with E-state index in [1.54, 1.807) is 0 Å². The van der Waals surface area contributed by atoms with Crippen molar-refractivity contribution in [2.45, 2.75) is 0 Å². The van der Waals surface area contributed by atoms with Crippen molar-refractivity contribution in [2.75, 3.05) is 0 Å². The molecule has 3 nitrogen and oxygen atoms in total. The average Bonchev–Trinajstić information content (AvgIpc) is 1.83. The summed E-state index contributed by atoms with van der Waals surface area (Å²) in [5.41, 5.74) is 0. The zero-order valence-corrected chi connectivity index (χ0v) is 6.05. The van der Waals surface area contributed by atoms with Crippen molar-refractivity contribution in [3.63, 3.8) is 0 Å². The second-order valence-corrected chi connectivity index (χ2v) is 1.29. The Morgan fingerprint density at radius 3 is 2.62 bits per heavy atom. The maximum absolute atomic E-state index is 4.36. The van der Waals surface area contributed by atoms with Gasteiger partial charge in [-0.05, 0) is 6.58 Å². The van der Waals surface area contributed by atoms with Crippen molar-refractivity contribution in [2.24, 2.45) is 4.99 Å². The number of aliphatic imine (C=N–C) groups is 1. The van der Waals surface area contributed by atoms with E-state index < -0.39 is 0 Å². The Bertz CT molecular complexity index is 103. The molecule has 0 bridgehead atoms. The molecular formula is C3H3NO2Si2. The first-order valence-corrected chi connectivity index (χ1v) is 2.50. The van der Waals surface area contributed by atoms with Gasteiger partial charge >= 0.3 is 21.0 Å². The lowest BCUT2D eigenvalue weighted by molar-refractivity contribution is 0.464. The summed E-state index contributed by atoms with van der Waals surface area (Å²) in [6, 6.07) is 0. The maximum Gasteiger partial charge on any atom is 0.343 e. The van der Waals surface area contributed by atoms with Crippen molar-refractivity contribution in [1.29, 1.82) is 0 Å². The van der Waals surface area contributed by atoms with E-state index >= 15 is 0 Å². The van der Waals surface area contributed by atoms with Crippen LogP contribution in [0, 0.1) is 0 Å². The first-order chi connectivity index (χ1) is 3.81. The number of hydrogen-bond donors (Lipinski definition) is 0. The van der Waals surface area contributed by atoms with Crippen molar-refractivity contribution in [3.8, 4) is 0 Å². The molecule has 0 aliphatic carbocycles. The second kappa shape index (κ2) is 4.60. The fourth-order valence-electron chi connectivity index (χ4n) is 0.111. The van der Waals surface area contributed by atoms with Crippen LogP contribution >= 0.6 is 0 Å². The highest BCUT2D eigenvalue weighted by Crippen LogP contribution is 1.87. The monoisotopic (exact) mass is 141 g/mol. The van der Waals surface area contributed by atoms with E-state index in [2.05, 4.69) is 41.4 Å². The second-order valence-electron chi connectivity index (χ2n) is 0.848. The minimum atomic E-state index is 0.222. The minimum absolute atomic E-state index is 0.222. The molecule has 0 aliphatic heterocycles. The summed E-state index contributed by atoms with van der Waals surface area (Å²) >= 11 is 0. The fourth-order valence-corrected chi connectivity index (χ4v) is 0.217. The van der Waals surface area contributed by atoms with Gasteiger partial charge in [0.05, 0.1) is 0 Å². The average molecular weight is 141 g/mol. The zero-order valence-electron chi connectivity index (χ0n) is 4.05. The van der Waals surface area contributed by atoms with Gasteiger partial charge < -0.3 is 8.85 Å². The minimum Gasteiger partial charge on any atom is -0.533 e. The Labute approximate surface area is 54.5 Å². The number of rotatable bonds is 3. The van der Waals surface area contributed by atoms with Crippen LogP contribution in [0.1, 0.15) is 0 Å². The predicted octanol–water partition coefficient (Wildman–Crippen LogP) is -0.314. The summed E-state index contributed by atoms with van der Waals surface area (Å²) in [6.07, 6.45) is 1.14. The van der Waals surface area contributed by atoms with Crippen LogP contribution in [0.25, 0.3) is 0 Å². The van der Waals surface area contributed by atoms with Gasteiger partial charge in [-0.2, -0.15) is 4.99 Å². The summed E-state index contributed by atoms with van der Waals surface area (Å²) in [6.45, 7) is 3.34. The van der Waals surface area contributed by atoms with Crippen molar-refractivity contribution >= 4 is 27.4 Å². The molecular weight excluding hydrogens is 138 g/mol. The molecule has 0 amide bonds. The van der Waals surface area contributed by atoms with Gasteiger partial charge in [0.2, 0.25) is 0 Å². The van der Waals surface area contributed by atoms with E-state index in [-0.39, 0.29) is 5.88 Å². The molecule has 6 radical (unpaired) electrons. The van der Waals surface area contributed by atoms with Crippen LogP contribution in [0.3, 0.4) is 0 Å². The van der Waals surface area contributed by atoms with Crippen LogP contribution in [0.2, 0.25) is 0 Å². The van der Waals surface area contributed by atoms with E-state index in [4.69, 9.17) is 0 Å². The molecule has 0 saturated heterocycles. The van der Waals surface area contributed by atoms with Crippen LogP contribution < -0.4 is 0 Å². The van der Waals surface area contributed by atoms with E-state index in [9.17, 15) is 0 Å². The Morgan fingerprint density at radius 1 is 1.62 bits per heavy atom. The Balaban J connectivity index is 3.37. The lowest BCUT2D eigenvalue weighted by atomic mass is 10.9. The van der Waals surface area contributed by atoms with E-state index in [1.165, 1.54) is 0 Å². The summed E-state index contributed by atoms with van der Waals surface area (Å²) in [4.78, 5) is 3.50. The Morgan fingerprint density at radius 2 is 2.25 bits per heavy atom. The van der Waals surface area contributed by atoms with Crippen LogP contribution in [0.4, 0.5) is 0 Å². The highest BCUT2D eigenvalue weighted by molar-refractivity contribution is 6.02. The van der Waals surface area contributed by atoms with E-state index in [0.29, 0.717) is 0 Å². The zero-order chi connectivity index (χ0) is 6.41. The third kappa shape index (κ3) is 3.63. The van der Waals surface area contributed by atoms with Gasteiger partial charge in [0.25, 0.3) is 0 Å². The van der Waals surface area contributed by atoms with Gasteiger partial charge in [0.15, 0.2) is 12.3 Å². The molecule has 0 spiro atoms. The summed E-state index contributed by atoms with van der Waals surface area (Å²) < 4.78 is 8.63. The van der Waals surface area contributed by atoms with Crippen LogP contribution in [0.5, 0.6) is 0 Å². The molecule has 0 aromatic heterocycles. The first-order valence-electron chi connectivity index (χ1n) is 1.68. The maximum atomic E-state index is 4.36. The third-order valence-corrected chi connectivity index (χ3v) is 0.708. The predicted molar refractivity (Wildman–Crippen MR) is 31.3 cm³/mol. The first kappa shape index (κ1) is 7.44. The van der Waals surface area contributed by atoms with Crippen LogP contribution in [-0.4, -0.2) is 27.4 Å². The largest absolute Gasteiger partial charge is 0.533 e. The molecule has 0 heterocycles. The number of nitrogens with zero attached hydrogens (tertiary/aromatic N) is 1. The molecule has 0 saturated carbocycles. The molecule has 0 rings (SSSR count). The van der Waals surface area contributed by atoms with Crippen LogP contribution in [0.15, 0.2) is 17.5 Å². The van der Waals surface area contributed by atoms with Crippen LogP contribution in [-0.2, 0) is 8.85 Å². The molecule has 0 N–H and O–H groups in total. The molecule has 8 heavy (non-hydrogen) atoms. The molecule has 5 heteroatoms. The standard InChI is InChI=1S/C3H3NO2Si2/c1-3(6-8)4-2-5-7/h2H,1H2/b4-2+. The molecule has 0 aromatic carbocycles. The molecule has 0 unspecified atom stereocenters. The van der Waals surface area contributed by atoms with Crippen molar-refractivity contribution < 1.29 is 8.85 Å². The molecule has 0 aromatic rings.